The zero-order chi connectivity index (χ0) is 33.2. The van der Waals surface area contributed by atoms with Crippen molar-refractivity contribution in [2.75, 3.05) is 18.0 Å². The normalized spacial score (nSPS) is 15.8. The van der Waals surface area contributed by atoms with Crippen LogP contribution in [-0.4, -0.2) is 36.9 Å². The van der Waals surface area contributed by atoms with Crippen molar-refractivity contribution < 1.29 is 9.32 Å². The summed E-state index contributed by atoms with van der Waals surface area (Å²) in [5.74, 6) is 1.11. The molecule has 0 spiro atoms. The highest BCUT2D eigenvalue weighted by atomic mass is 35.5. The van der Waals surface area contributed by atoms with Crippen LogP contribution in [0.25, 0.3) is 0 Å². The Morgan fingerprint density at radius 2 is 1.34 bits per heavy atom. The Bertz CT molecular complexity index is 1730. The molecule has 2 heterocycles. The highest BCUT2D eigenvalue weighted by Crippen LogP contribution is 2.46. The van der Waals surface area contributed by atoms with Crippen LogP contribution in [0, 0.1) is 5.92 Å². The van der Waals surface area contributed by atoms with Crippen LogP contribution in [0.15, 0.2) is 115 Å². The quantitative estimate of drug-likeness (QED) is 0.144. The molecular formula is C38H40Cl2N4O2S. The predicted octanol–water partition coefficient (Wildman–Crippen LogP) is 8.53. The summed E-state index contributed by atoms with van der Waals surface area (Å²) in [6.07, 6.45) is 4.33. The van der Waals surface area contributed by atoms with E-state index < -0.39 is 21.3 Å². The molecule has 244 valence electrons. The Labute approximate surface area is 289 Å². The van der Waals surface area contributed by atoms with Crippen molar-refractivity contribution in [1.29, 1.82) is 0 Å². The fraction of sp³-hybridized carbons (Fsp3) is 0.289. The van der Waals surface area contributed by atoms with Gasteiger partial charge in [0.05, 0.1) is 25.8 Å². The van der Waals surface area contributed by atoms with Crippen LogP contribution in [0.5, 0.6) is 5.75 Å². The molecular weight excluding hydrogens is 647 g/mol. The minimum absolute atomic E-state index is 0.100. The molecule has 1 fully saturated rings. The molecule has 0 aliphatic carbocycles. The molecule has 0 radical (unpaired) electrons. The highest BCUT2D eigenvalue weighted by Gasteiger charge is 2.40. The maximum absolute atomic E-state index is 12.5. The summed E-state index contributed by atoms with van der Waals surface area (Å²) >= 11 is 12.7. The van der Waals surface area contributed by atoms with Crippen molar-refractivity contribution in [3.8, 4) is 5.75 Å². The molecule has 6 rings (SSSR count). The predicted molar refractivity (Wildman–Crippen MR) is 194 cm³/mol. The molecule has 1 aliphatic heterocycles. The Morgan fingerprint density at radius 1 is 0.851 bits per heavy atom. The third-order valence-electron chi connectivity index (χ3n) is 9.65. The van der Waals surface area contributed by atoms with Crippen molar-refractivity contribution in [3.63, 3.8) is 0 Å². The van der Waals surface area contributed by atoms with Crippen molar-refractivity contribution in [3.05, 3.63) is 148 Å². The molecule has 1 saturated heterocycles. The van der Waals surface area contributed by atoms with Gasteiger partial charge in [0.25, 0.3) is 0 Å². The van der Waals surface area contributed by atoms with Gasteiger partial charge < -0.3 is 10.0 Å². The van der Waals surface area contributed by atoms with E-state index >= 15 is 0 Å². The minimum atomic E-state index is -1.55. The molecule has 47 heavy (non-hydrogen) atoms. The first-order chi connectivity index (χ1) is 22.6. The van der Waals surface area contributed by atoms with Gasteiger partial charge in [-0.1, -0.05) is 114 Å². The first-order valence-electron chi connectivity index (χ1n) is 15.9. The largest absolute Gasteiger partial charge is 0.508 e. The lowest BCUT2D eigenvalue weighted by Crippen LogP contribution is -2.40. The van der Waals surface area contributed by atoms with Gasteiger partial charge >= 0.3 is 0 Å². The second-order valence-corrected chi connectivity index (χ2v) is 15.5. The third kappa shape index (κ3) is 6.59. The summed E-state index contributed by atoms with van der Waals surface area (Å²) in [6.45, 7) is 5.37. The SMILES string of the molecule is CC(C)(C[C@@H](c1cc(Cl)c(Cl)cc1O)C1CCN(c2ccn(C(c3ccccc3)(c3ccccc3)c3ccccc3)n2)CC1)S(N)=O. The number of aromatic hydroxyl groups is 1. The van der Waals surface area contributed by atoms with Gasteiger partial charge in [0.2, 0.25) is 0 Å². The molecule has 0 saturated carbocycles. The van der Waals surface area contributed by atoms with E-state index in [4.69, 9.17) is 33.4 Å². The van der Waals surface area contributed by atoms with Crippen LogP contribution >= 0.6 is 23.2 Å². The monoisotopic (exact) mass is 686 g/mol. The number of benzene rings is 4. The second-order valence-electron chi connectivity index (χ2n) is 12.9. The molecule has 2 atom stereocenters. The molecule has 1 aliphatic rings. The number of rotatable bonds is 10. The van der Waals surface area contributed by atoms with Gasteiger partial charge in [0, 0.05) is 31.4 Å². The van der Waals surface area contributed by atoms with E-state index in [0.717, 1.165) is 54.0 Å². The van der Waals surface area contributed by atoms with Crippen molar-refractivity contribution in [2.24, 2.45) is 11.1 Å². The summed E-state index contributed by atoms with van der Waals surface area (Å²) < 4.78 is 14.0. The van der Waals surface area contributed by atoms with Crippen LogP contribution in [0.2, 0.25) is 10.0 Å². The number of hydrogen-bond donors (Lipinski definition) is 2. The lowest BCUT2D eigenvalue weighted by atomic mass is 9.75. The van der Waals surface area contributed by atoms with Gasteiger partial charge in [-0.3, -0.25) is 9.82 Å². The van der Waals surface area contributed by atoms with E-state index in [1.807, 2.05) is 32.0 Å². The molecule has 4 aromatic carbocycles. The Kier molecular flexibility index (Phi) is 9.81. The molecule has 1 aromatic heterocycles. The van der Waals surface area contributed by atoms with Gasteiger partial charge in [0.1, 0.15) is 11.3 Å². The second kappa shape index (κ2) is 13.9. The molecule has 5 aromatic rings. The first-order valence-corrected chi connectivity index (χ1v) is 17.9. The topological polar surface area (TPSA) is 84.4 Å². The van der Waals surface area contributed by atoms with Crippen molar-refractivity contribution in [1.82, 2.24) is 9.78 Å². The fourth-order valence-corrected chi connectivity index (χ4v) is 7.80. The first kappa shape index (κ1) is 33.3. The molecule has 3 N–H and O–H groups in total. The van der Waals surface area contributed by atoms with Gasteiger partial charge in [0.15, 0.2) is 5.82 Å². The van der Waals surface area contributed by atoms with E-state index in [0.29, 0.717) is 16.5 Å². The third-order valence-corrected chi connectivity index (χ3v) is 11.6. The summed E-state index contributed by atoms with van der Waals surface area (Å²) in [7, 11) is -1.55. The summed E-state index contributed by atoms with van der Waals surface area (Å²) in [4.78, 5) is 2.33. The van der Waals surface area contributed by atoms with E-state index in [1.165, 1.54) is 6.07 Å². The Balaban J connectivity index is 1.33. The lowest BCUT2D eigenvalue weighted by Gasteiger charge is -2.39. The minimum Gasteiger partial charge on any atom is -0.508 e. The summed E-state index contributed by atoms with van der Waals surface area (Å²) in [6, 6.07) is 37.0. The summed E-state index contributed by atoms with van der Waals surface area (Å²) in [5, 5.41) is 22.9. The Hall–Kier alpha value is -3.62. The van der Waals surface area contributed by atoms with E-state index in [9.17, 15) is 9.32 Å². The number of phenols is 1. The number of nitrogens with zero attached hydrogens (tertiary/aromatic N) is 3. The maximum Gasteiger partial charge on any atom is 0.150 e. The zero-order valence-corrected chi connectivity index (χ0v) is 28.9. The van der Waals surface area contributed by atoms with E-state index in [-0.39, 0.29) is 17.6 Å². The van der Waals surface area contributed by atoms with Gasteiger partial charge in [-0.2, -0.15) is 5.10 Å². The number of piperidine rings is 1. The van der Waals surface area contributed by atoms with E-state index in [2.05, 4.69) is 94.6 Å². The number of hydrogen-bond acceptors (Lipinski definition) is 4. The van der Waals surface area contributed by atoms with Crippen LogP contribution in [0.1, 0.15) is 61.3 Å². The summed E-state index contributed by atoms with van der Waals surface area (Å²) in [5.41, 5.74) is 3.40. The smallest absolute Gasteiger partial charge is 0.150 e. The Morgan fingerprint density at radius 3 is 1.83 bits per heavy atom. The number of nitrogens with two attached hydrogens (primary N) is 1. The van der Waals surface area contributed by atoms with Gasteiger partial charge in [-0.25, -0.2) is 4.21 Å². The number of halogens is 2. The maximum atomic E-state index is 12.5. The number of anilines is 1. The molecule has 0 bridgehead atoms. The molecule has 0 amide bonds. The van der Waals surface area contributed by atoms with Crippen LogP contribution in [0.4, 0.5) is 5.82 Å². The van der Waals surface area contributed by atoms with Crippen LogP contribution < -0.4 is 10.0 Å². The number of aromatic nitrogens is 2. The number of phenolic OH excluding ortho intramolecular Hbond substituents is 1. The van der Waals surface area contributed by atoms with Crippen LogP contribution in [-0.2, 0) is 16.5 Å². The van der Waals surface area contributed by atoms with Gasteiger partial charge in [-0.05, 0) is 73.3 Å². The molecule has 1 unspecified atom stereocenters. The standard InChI is InChI=1S/C38H40Cl2N4O2S/c1-37(2,47(41)46)26-32(31-24-33(39)34(40)25-35(31)45)27-18-21-43(22-19-27)36-20-23-44(42-36)38(28-12-6-3-7-13-28,29-14-8-4-9-15-29)30-16-10-5-11-17-30/h3-17,20,23-25,27,32,45H,18-19,21-22,26,41H2,1-2H3/t32-,47?/m1/s1. The fourth-order valence-electron chi connectivity index (χ4n) is 7.13. The average Bonchev–Trinajstić information content (AvgIpc) is 3.58. The highest BCUT2D eigenvalue weighted by molar-refractivity contribution is 7.84. The van der Waals surface area contributed by atoms with Crippen LogP contribution in [0.3, 0.4) is 0 Å². The van der Waals surface area contributed by atoms with Gasteiger partial charge in [-0.15, -0.1) is 0 Å². The van der Waals surface area contributed by atoms with E-state index in [1.54, 1.807) is 6.07 Å². The van der Waals surface area contributed by atoms with Crippen molar-refractivity contribution >= 4 is 40.0 Å². The average molecular weight is 688 g/mol. The lowest BCUT2D eigenvalue weighted by molar-refractivity contribution is 0.303. The molecule has 6 nitrogen and oxygen atoms in total. The zero-order valence-electron chi connectivity index (χ0n) is 26.6. The van der Waals surface area contributed by atoms with Crippen molar-refractivity contribution in [2.45, 2.75) is 49.3 Å². The molecule has 9 heteroatoms.